The number of carbonyl (C=O) groups excluding carboxylic acids is 2. The number of fused-ring (bicyclic) bond motifs is 1. The number of anilines is 2. The predicted molar refractivity (Wildman–Crippen MR) is 154 cm³/mol. The number of alkyl halides is 3. The molecule has 1 aliphatic rings. The second-order valence-electron chi connectivity index (χ2n) is 10.8. The van der Waals surface area contributed by atoms with E-state index in [0.717, 1.165) is 22.7 Å². The Morgan fingerprint density at radius 3 is 2.48 bits per heavy atom. The third-order valence-electron chi connectivity index (χ3n) is 6.57. The zero-order valence-corrected chi connectivity index (χ0v) is 25.9. The van der Waals surface area contributed by atoms with Gasteiger partial charge in [-0.3, -0.25) is 9.59 Å². The number of amides is 2. The molecule has 1 N–H and O–H groups in total. The number of benzene rings is 1. The zero-order valence-electron chi connectivity index (χ0n) is 23.6. The van der Waals surface area contributed by atoms with Crippen molar-refractivity contribution in [3.8, 4) is 0 Å². The van der Waals surface area contributed by atoms with Crippen molar-refractivity contribution in [2.24, 2.45) is 0 Å². The van der Waals surface area contributed by atoms with Crippen LogP contribution < -0.4 is 15.8 Å². The van der Waals surface area contributed by atoms with Crippen molar-refractivity contribution in [2.75, 3.05) is 29.9 Å². The largest absolute Gasteiger partial charge is 0.444 e. The van der Waals surface area contributed by atoms with Crippen molar-refractivity contribution in [2.45, 2.75) is 65.4 Å². The molecule has 3 heterocycles. The van der Waals surface area contributed by atoms with Gasteiger partial charge in [-0.1, -0.05) is 18.5 Å². The van der Waals surface area contributed by atoms with Crippen LogP contribution >= 0.6 is 27.5 Å². The zero-order chi connectivity index (χ0) is 31.1. The summed E-state index contributed by atoms with van der Waals surface area (Å²) in [4.78, 5) is 47.3. The maximum Gasteiger partial charge on any atom is 0.416 e. The van der Waals surface area contributed by atoms with Gasteiger partial charge < -0.3 is 24.4 Å². The first kappa shape index (κ1) is 31.6. The summed E-state index contributed by atoms with van der Waals surface area (Å²) in [5.41, 5.74) is -1.24. The molecule has 1 atom stereocenters. The maximum atomic E-state index is 13.7. The number of halogens is 5. The number of carbonyl (C=O) groups is 2. The SMILES string of the molecule is CCc1c(N2CCN(C(=O)OC(C)(C)C)CC2C)c(=O)n2nc(Br)nc2n1CC(=O)Nc1ccc(C(F)(F)F)cc1Cl. The van der Waals surface area contributed by atoms with Gasteiger partial charge in [0.1, 0.15) is 17.8 Å². The highest BCUT2D eigenvalue weighted by atomic mass is 79.9. The van der Waals surface area contributed by atoms with Crippen LogP contribution in [0.25, 0.3) is 5.78 Å². The van der Waals surface area contributed by atoms with Gasteiger partial charge in [0.05, 0.1) is 22.0 Å². The highest BCUT2D eigenvalue weighted by Gasteiger charge is 2.34. The molecule has 3 aromatic rings. The van der Waals surface area contributed by atoms with E-state index in [9.17, 15) is 27.6 Å². The Kier molecular flexibility index (Phi) is 8.84. The number of aromatic nitrogens is 4. The molecule has 0 spiro atoms. The summed E-state index contributed by atoms with van der Waals surface area (Å²) in [6.07, 6.45) is -4.70. The first-order chi connectivity index (χ1) is 19.5. The van der Waals surface area contributed by atoms with E-state index in [1.807, 2.05) is 18.7 Å². The van der Waals surface area contributed by atoms with Gasteiger partial charge in [0.15, 0.2) is 0 Å². The minimum Gasteiger partial charge on any atom is -0.444 e. The van der Waals surface area contributed by atoms with E-state index in [0.29, 0.717) is 37.4 Å². The molecule has 1 aromatic carbocycles. The van der Waals surface area contributed by atoms with E-state index in [-0.39, 0.29) is 33.8 Å². The standard InChI is InChI=1S/C26H30BrClF3N7O4/c1-6-18-20(36-10-9-35(12-14(36)2)24(41)42-25(3,4)5)21(40)38-23(33-22(27)34-38)37(18)13-19(39)32-17-8-7-15(11-16(17)28)26(29,30)31/h7-8,11,14H,6,9-10,12-13H2,1-5H3,(H,32,39). The minimum atomic E-state index is -4.59. The molecule has 228 valence electrons. The van der Waals surface area contributed by atoms with Gasteiger partial charge in [-0.2, -0.15) is 22.7 Å². The summed E-state index contributed by atoms with van der Waals surface area (Å²) < 4.78 is 47.4. The molecule has 11 nitrogen and oxygen atoms in total. The lowest BCUT2D eigenvalue weighted by Gasteiger charge is -2.41. The minimum absolute atomic E-state index is 0.000427. The van der Waals surface area contributed by atoms with Crippen molar-refractivity contribution in [1.29, 1.82) is 0 Å². The Balaban J connectivity index is 1.68. The van der Waals surface area contributed by atoms with Crippen LogP contribution in [0.3, 0.4) is 0 Å². The molecule has 0 radical (unpaired) electrons. The van der Waals surface area contributed by atoms with Gasteiger partial charge in [-0.25, -0.2) is 4.79 Å². The number of nitrogens with one attached hydrogen (secondary N) is 1. The lowest BCUT2D eigenvalue weighted by molar-refractivity contribution is -0.137. The summed E-state index contributed by atoms with van der Waals surface area (Å²) in [7, 11) is 0. The summed E-state index contributed by atoms with van der Waals surface area (Å²) in [5, 5.41) is 6.43. The molecular formula is C26H30BrClF3N7O4. The first-order valence-corrected chi connectivity index (χ1v) is 14.3. The average Bonchev–Trinajstić information content (AvgIpc) is 3.27. The van der Waals surface area contributed by atoms with Gasteiger partial charge in [-0.05, 0) is 68.2 Å². The fourth-order valence-corrected chi connectivity index (χ4v) is 5.33. The van der Waals surface area contributed by atoms with Gasteiger partial charge in [0, 0.05) is 25.7 Å². The normalized spacial score (nSPS) is 16.2. The topological polar surface area (TPSA) is 114 Å². The number of nitrogens with zero attached hydrogens (tertiary/aromatic N) is 6. The van der Waals surface area contributed by atoms with Crippen LogP contribution in [0.15, 0.2) is 27.7 Å². The summed E-state index contributed by atoms with van der Waals surface area (Å²) in [6, 6.07) is 2.35. The van der Waals surface area contributed by atoms with Crippen LogP contribution in [-0.4, -0.2) is 67.3 Å². The molecule has 4 rings (SSSR count). The van der Waals surface area contributed by atoms with Crippen molar-refractivity contribution < 1.29 is 27.5 Å². The van der Waals surface area contributed by atoms with Crippen LogP contribution in [0.1, 0.15) is 45.9 Å². The molecule has 2 amide bonds. The Morgan fingerprint density at radius 1 is 1.21 bits per heavy atom. The van der Waals surface area contributed by atoms with Gasteiger partial charge in [0.25, 0.3) is 5.56 Å². The monoisotopic (exact) mass is 675 g/mol. The highest BCUT2D eigenvalue weighted by Crippen LogP contribution is 2.34. The molecule has 0 saturated carbocycles. The van der Waals surface area contributed by atoms with E-state index in [4.69, 9.17) is 16.3 Å². The molecule has 0 aliphatic carbocycles. The van der Waals surface area contributed by atoms with Crippen LogP contribution in [0.5, 0.6) is 0 Å². The van der Waals surface area contributed by atoms with Crippen molar-refractivity contribution >= 4 is 56.7 Å². The summed E-state index contributed by atoms with van der Waals surface area (Å²) >= 11 is 9.23. The molecular weight excluding hydrogens is 647 g/mol. The fourth-order valence-electron chi connectivity index (χ4n) is 4.78. The van der Waals surface area contributed by atoms with Crippen molar-refractivity contribution in [3.63, 3.8) is 0 Å². The van der Waals surface area contributed by atoms with Gasteiger partial charge >= 0.3 is 12.3 Å². The predicted octanol–water partition coefficient (Wildman–Crippen LogP) is 4.97. The van der Waals surface area contributed by atoms with Crippen molar-refractivity contribution in [1.82, 2.24) is 24.1 Å². The second kappa shape index (κ2) is 11.7. The van der Waals surface area contributed by atoms with Gasteiger partial charge in [-0.15, -0.1) is 5.10 Å². The lowest BCUT2D eigenvalue weighted by Crippen LogP contribution is -2.56. The van der Waals surface area contributed by atoms with Crippen molar-refractivity contribution in [3.05, 3.63) is 49.6 Å². The Labute approximate surface area is 252 Å². The fraction of sp³-hybridized carbons (Fsp3) is 0.500. The van der Waals surface area contributed by atoms with E-state index in [2.05, 4.69) is 31.3 Å². The van der Waals surface area contributed by atoms with Crippen LogP contribution in [0.2, 0.25) is 5.02 Å². The summed E-state index contributed by atoms with van der Waals surface area (Å²) in [6.45, 7) is 9.63. The molecule has 1 fully saturated rings. The third-order valence-corrected chi connectivity index (χ3v) is 7.22. The van der Waals surface area contributed by atoms with Gasteiger partial charge in [0.2, 0.25) is 16.4 Å². The Morgan fingerprint density at radius 2 is 1.90 bits per heavy atom. The molecule has 2 aromatic heterocycles. The number of piperazine rings is 1. The average molecular weight is 677 g/mol. The molecule has 16 heteroatoms. The van der Waals surface area contributed by atoms with Crippen LogP contribution in [0.4, 0.5) is 29.3 Å². The first-order valence-electron chi connectivity index (χ1n) is 13.1. The maximum absolute atomic E-state index is 13.7. The molecule has 1 saturated heterocycles. The number of hydrogen-bond acceptors (Lipinski definition) is 7. The number of hydrogen-bond donors (Lipinski definition) is 1. The van der Waals surface area contributed by atoms with E-state index in [1.54, 1.807) is 25.7 Å². The Bertz CT molecular complexity index is 1590. The molecule has 42 heavy (non-hydrogen) atoms. The van der Waals surface area contributed by atoms with E-state index >= 15 is 0 Å². The van der Waals surface area contributed by atoms with Crippen LogP contribution in [-0.2, 0) is 28.7 Å². The molecule has 1 unspecified atom stereocenters. The number of rotatable bonds is 5. The third kappa shape index (κ3) is 6.66. The Hall–Kier alpha value is -3.33. The van der Waals surface area contributed by atoms with E-state index in [1.165, 1.54) is 4.57 Å². The molecule has 0 bridgehead atoms. The highest BCUT2D eigenvalue weighted by molar-refractivity contribution is 9.10. The van der Waals surface area contributed by atoms with E-state index < -0.39 is 34.9 Å². The van der Waals surface area contributed by atoms with Crippen LogP contribution in [0, 0.1) is 0 Å². The summed E-state index contributed by atoms with van der Waals surface area (Å²) in [5.74, 6) is -0.508. The smallest absolute Gasteiger partial charge is 0.416 e. The number of ether oxygens (including phenoxy) is 1. The lowest BCUT2D eigenvalue weighted by atomic mass is 10.1. The second-order valence-corrected chi connectivity index (χ2v) is 12.0. The quantitative estimate of drug-likeness (QED) is 0.406. The molecule has 1 aliphatic heterocycles.